The Labute approximate surface area is 394 Å². The monoisotopic (exact) mass is 917 g/mol. The van der Waals surface area contributed by atoms with Gasteiger partial charge < -0.3 is 61.8 Å². The van der Waals surface area contributed by atoms with Gasteiger partial charge in [-0.05, 0) is 167 Å². The number of aryl methyl sites for hydroxylation is 4. The van der Waals surface area contributed by atoms with Gasteiger partial charge >= 0.3 is 0 Å². The number of nitrogens with zero attached hydrogens (tertiary/aromatic N) is 1. The van der Waals surface area contributed by atoms with Crippen molar-refractivity contribution in [1.29, 1.82) is 0 Å². The van der Waals surface area contributed by atoms with E-state index in [1.807, 2.05) is 18.2 Å². The first kappa shape index (κ1) is 50.3. The number of aromatic nitrogens is 1. The van der Waals surface area contributed by atoms with Crippen molar-refractivity contribution >= 4 is 5.96 Å². The second-order valence-electron chi connectivity index (χ2n) is 21.1. The minimum atomic E-state index is -0.931. The predicted octanol–water partition coefficient (Wildman–Crippen LogP) is 6.91. The van der Waals surface area contributed by atoms with Crippen molar-refractivity contribution in [2.24, 2.45) is 57.9 Å². The summed E-state index contributed by atoms with van der Waals surface area (Å²) in [7, 11) is 1.71. The van der Waals surface area contributed by atoms with Gasteiger partial charge in [0.2, 0.25) is 0 Å². The second-order valence-corrected chi connectivity index (χ2v) is 21.1. The van der Waals surface area contributed by atoms with E-state index in [2.05, 4.69) is 33.6 Å². The van der Waals surface area contributed by atoms with Gasteiger partial charge in [0, 0.05) is 74.5 Å². The lowest BCUT2D eigenvalue weighted by Crippen LogP contribution is -2.42. The summed E-state index contributed by atoms with van der Waals surface area (Å²) < 4.78 is 12.6. The molecule has 0 unspecified atom stereocenters. The number of nitrogens with one attached hydrogen (secondary N) is 3. The van der Waals surface area contributed by atoms with E-state index in [9.17, 15) is 25.5 Å². The molecule has 368 valence electrons. The number of H-pyrrole nitrogens is 1. The van der Waals surface area contributed by atoms with E-state index in [0.717, 1.165) is 92.2 Å². The maximum Gasteiger partial charge on any atom is 0.188 e. The van der Waals surface area contributed by atoms with Crippen LogP contribution in [0.2, 0.25) is 0 Å². The molecule has 2 aromatic heterocycles. The minimum Gasteiger partial charge on any atom is -0.504 e. The third-order valence-corrected chi connectivity index (χ3v) is 16.2. The molecule has 1 aromatic carbocycles. The van der Waals surface area contributed by atoms with E-state index >= 15 is 0 Å². The van der Waals surface area contributed by atoms with Crippen LogP contribution in [0.1, 0.15) is 155 Å². The molecule has 66 heavy (non-hydrogen) atoms. The lowest BCUT2D eigenvalue weighted by molar-refractivity contribution is 0.103. The molecule has 0 spiro atoms. The molecular weight excluding hydrogens is 833 g/mol. The molecule has 3 aromatic rings. The van der Waals surface area contributed by atoms with Crippen LogP contribution in [0.4, 0.5) is 0 Å². The summed E-state index contributed by atoms with van der Waals surface area (Å²) >= 11 is 0. The number of rotatable bonds is 23. The van der Waals surface area contributed by atoms with E-state index in [0.29, 0.717) is 84.8 Å². The molecule has 4 aliphatic carbocycles. The number of guanidine groups is 1. The normalized spacial score (nSPS) is 27.3. The molecular formula is C53H84N6O7. The van der Waals surface area contributed by atoms with Crippen molar-refractivity contribution in [3.63, 3.8) is 0 Å². The average Bonchev–Trinajstić information content (AvgIpc) is 4.03. The van der Waals surface area contributed by atoms with Crippen molar-refractivity contribution in [3.8, 4) is 11.5 Å². The molecule has 0 saturated heterocycles. The summed E-state index contributed by atoms with van der Waals surface area (Å²) in [5, 5.41) is 59.5. The molecule has 7 rings (SSSR count). The molecule has 3 fully saturated rings. The Morgan fingerprint density at radius 3 is 2.56 bits per heavy atom. The number of fused-ring (bicyclic) bond motifs is 4. The van der Waals surface area contributed by atoms with Crippen molar-refractivity contribution in [1.82, 2.24) is 15.6 Å². The number of phenols is 1. The number of hydrogen-bond donors (Lipinski definition) is 10. The lowest BCUT2D eigenvalue weighted by atomic mass is 9.67. The molecule has 4 aliphatic rings. The van der Waals surface area contributed by atoms with Gasteiger partial charge in [0.25, 0.3) is 0 Å². The predicted molar refractivity (Wildman–Crippen MR) is 260 cm³/mol. The quantitative estimate of drug-likeness (QED) is 0.0347. The third-order valence-electron chi connectivity index (χ3n) is 16.2. The average molecular weight is 917 g/mol. The molecule has 12 atom stereocenters. The summed E-state index contributed by atoms with van der Waals surface area (Å²) in [6.07, 6.45) is 17.2. The fraction of sp³-hybridized carbons (Fsp3) is 0.717. The number of aliphatic hydroxyl groups is 4. The molecule has 3 saturated carbocycles. The van der Waals surface area contributed by atoms with Gasteiger partial charge in [-0.2, -0.15) is 0 Å². The molecule has 12 N–H and O–H groups in total. The lowest BCUT2D eigenvalue weighted by Gasteiger charge is -2.40. The summed E-state index contributed by atoms with van der Waals surface area (Å²) in [6.45, 7) is 5.49. The van der Waals surface area contributed by atoms with Crippen LogP contribution in [0.25, 0.3) is 0 Å². The van der Waals surface area contributed by atoms with E-state index < -0.39 is 12.2 Å². The van der Waals surface area contributed by atoms with E-state index in [1.165, 1.54) is 50.5 Å². The number of aliphatic imine (C=N–C) groups is 1. The van der Waals surface area contributed by atoms with Crippen molar-refractivity contribution in [2.75, 3.05) is 33.4 Å². The highest BCUT2D eigenvalue weighted by Crippen LogP contribution is 2.50. The number of benzene rings is 1. The molecule has 0 amide bonds. The number of hydrogen-bond acceptors (Lipinski definition) is 10. The van der Waals surface area contributed by atoms with Gasteiger partial charge in [-0.25, -0.2) is 0 Å². The van der Waals surface area contributed by atoms with E-state index in [-0.39, 0.29) is 37.5 Å². The second kappa shape index (κ2) is 24.1. The summed E-state index contributed by atoms with van der Waals surface area (Å²) in [5.41, 5.74) is 17.5. The fourth-order valence-electron chi connectivity index (χ4n) is 12.8. The highest BCUT2D eigenvalue weighted by Gasteiger charge is 2.43. The van der Waals surface area contributed by atoms with Gasteiger partial charge in [0.1, 0.15) is 24.2 Å². The smallest absolute Gasteiger partial charge is 0.188 e. The standard InChI is InChI=1S/C53H84N6O7/c1-32(28-58-53(55)56-3)9-17-42-37-14-10-34(22-38(42)25-40(54)24-37)13-20-50-39(30-61)26-41(66-50)16-11-35-12-19-48(63)51(23-35)65-31-49(64)47-27-44-45(59-47)18-15-36-6-4-7-43(36)52(44)46(8-5-21-60)57-29-33(2)62/h12,19,23,26-27,32-34,36-38,40,42-43,46,49,52,57,59-64H,4-11,13-18,20-22,24-25,28-31,54H2,1-3H3,(H3,55,56,58)/t32-,33+,34-,36-,37-,38+,40-,42+,43+,46+,49+,52+/m1/s1. The zero-order valence-electron chi connectivity index (χ0n) is 40.2. The van der Waals surface area contributed by atoms with Crippen LogP contribution < -0.4 is 26.8 Å². The highest BCUT2D eigenvalue weighted by molar-refractivity contribution is 5.77. The SMILES string of the molecule is CN=C(N)NC[C@H](C)CC[C@H]1[C@@H]2CC[C@H](CCc3oc(CCc4ccc(O)c(OC[C@H](O)c5cc6c([nH]5)CC[C@H]5CCC[C@@H]5[C@@H]6[C@H](CCCO)NC[C@H](C)O)c4)cc3CO)C[C@H]1C[C@H](N)C2. The number of aromatic hydroxyl groups is 1. The van der Waals surface area contributed by atoms with E-state index in [1.54, 1.807) is 20.0 Å². The van der Waals surface area contributed by atoms with Crippen molar-refractivity contribution < 1.29 is 34.7 Å². The van der Waals surface area contributed by atoms with E-state index in [4.69, 9.17) is 20.6 Å². The molecule has 13 heteroatoms. The Bertz CT molecular complexity index is 1980. The largest absolute Gasteiger partial charge is 0.504 e. The third kappa shape index (κ3) is 13.1. The van der Waals surface area contributed by atoms with Gasteiger partial charge in [-0.1, -0.05) is 32.3 Å². The Morgan fingerprint density at radius 2 is 1.77 bits per heavy atom. The summed E-state index contributed by atoms with van der Waals surface area (Å²) in [4.78, 5) is 7.61. The van der Waals surface area contributed by atoms with Crippen LogP contribution >= 0.6 is 0 Å². The fourth-order valence-corrected chi connectivity index (χ4v) is 12.8. The Balaban J connectivity index is 0.933. The van der Waals surface area contributed by atoms with Gasteiger partial charge in [0.05, 0.1) is 12.7 Å². The molecule has 13 nitrogen and oxygen atoms in total. The van der Waals surface area contributed by atoms with Crippen LogP contribution in [0.3, 0.4) is 0 Å². The first-order chi connectivity index (χ1) is 31.9. The van der Waals surface area contributed by atoms with Gasteiger partial charge in [-0.3, -0.25) is 4.99 Å². The minimum absolute atomic E-state index is 0.0189. The van der Waals surface area contributed by atoms with Gasteiger partial charge in [0.15, 0.2) is 17.5 Å². The number of ether oxygens (including phenoxy) is 1. The Hall–Kier alpha value is -3.59. The van der Waals surface area contributed by atoms with Crippen LogP contribution in [-0.2, 0) is 32.3 Å². The molecule has 0 radical (unpaired) electrons. The number of aliphatic hydroxyl groups excluding tert-OH is 4. The maximum atomic E-state index is 11.5. The number of phenolic OH excluding ortho intramolecular Hbond substituents is 1. The number of furan rings is 1. The Morgan fingerprint density at radius 1 is 0.939 bits per heavy atom. The first-order valence-corrected chi connectivity index (χ1v) is 25.7. The molecule has 2 bridgehead atoms. The number of nitrogens with two attached hydrogens (primary N) is 2. The van der Waals surface area contributed by atoms with Gasteiger partial charge in [-0.15, -0.1) is 0 Å². The zero-order valence-corrected chi connectivity index (χ0v) is 40.2. The summed E-state index contributed by atoms with van der Waals surface area (Å²) in [5.74, 6) is 7.16. The zero-order chi connectivity index (χ0) is 46.7. The van der Waals surface area contributed by atoms with Crippen molar-refractivity contribution in [2.45, 2.75) is 166 Å². The molecule has 2 heterocycles. The highest BCUT2D eigenvalue weighted by atomic mass is 16.5. The van der Waals surface area contributed by atoms with Crippen LogP contribution in [0, 0.1) is 41.4 Å². The first-order valence-electron chi connectivity index (χ1n) is 25.7. The van der Waals surface area contributed by atoms with Crippen LogP contribution in [0.15, 0.2) is 39.7 Å². The van der Waals surface area contributed by atoms with Crippen LogP contribution in [-0.4, -0.2) is 88.0 Å². The van der Waals surface area contributed by atoms with Crippen molar-refractivity contribution in [3.05, 3.63) is 69.9 Å². The maximum absolute atomic E-state index is 11.5. The molecule has 0 aliphatic heterocycles. The Kier molecular flexibility index (Phi) is 18.4. The topological polar surface area (TPSA) is 228 Å². The summed E-state index contributed by atoms with van der Waals surface area (Å²) in [6, 6.07) is 9.91. The van der Waals surface area contributed by atoms with Crippen LogP contribution in [0.5, 0.6) is 11.5 Å². The number of aromatic amines is 1.